The number of carbonyl (C=O) groups excluding carboxylic acids is 3. The first-order chi connectivity index (χ1) is 19.4. The molecule has 1 atom stereocenters. The third kappa shape index (κ3) is 10.3. The van der Waals surface area contributed by atoms with Crippen LogP contribution in [0.15, 0.2) is 71.3 Å². The number of hydrogen-bond donors (Lipinski definition) is 3. The SMILES string of the molecule is CCCCCCc1ccc(NC(=O)OCCNC(=O)OC(C)c2ccc(NC(=O)c3ccccn3)c(Br)c2)cc1. The van der Waals surface area contributed by atoms with Crippen molar-refractivity contribution in [2.75, 3.05) is 23.8 Å². The maximum absolute atomic E-state index is 12.3. The lowest BCUT2D eigenvalue weighted by Gasteiger charge is -2.16. The van der Waals surface area contributed by atoms with Crippen LogP contribution >= 0.6 is 15.9 Å². The molecule has 0 spiro atoms. The van der Waals surface area contributed by atoms with Gasteiger partial charge in [0.1, 0.15) is 18.4 Å². The van der Waals surface area contributed by atoms with E-state index in [-0.39, 0.29) is 19.1 Å². The molecule has 1 unspecified atom stereocenters. The average molecular weight is 612 g/mol. The van der Waals surface area contributed by atoms with Crippen molar-refractivity contribution in [3.63, 3.8) is 0 Å². The highest BCUT2D eigenvalue weighted by molar-refractivity contribution is 9.10. The standard InChI is InChI=1S/C30H35BrN4O5/c1-3-4-5-6-9-22-11-14-24(15-12-22)34-30(38)39-19-18-33-29(37)40-21(2)23-13-16-26(25(31)20-23)35-28(36)27-10-7-8-17-32-27/h7-8,10-17,20-21H,3-6,9,18-19H2,1-2H3,(H,33,37)(H,34,38)(H,35,36). The van der Waals surface area contributed by atoms with Gasteiger partial charge < -0.3 is 20.1 Å². The topological polar surface area (TPSA) is 119 Å². The van der Waals surface area contributed by atoms with E-state index in [1.807, 2.05) is 24.3 Å². The van der Waals surface area contributed by atoms with Gasteiger partial charge in [0.25, 0.3) is 5.91 Å². The summed E-state index contributed by atoms with van der Waals surface area (Å²) in [6.07, 6.45) is 5.62. The summed E-state index contributed by atoms with van der Waals surface area (Å²) in [4.78, 5) is 40.6. The lowest BCUT2D eigenvalue weighted by atomic mass is 10.1. The average Bonchev–Trinajstić information content (AvgIpc) is 2.95. The summed E-state index contributed by atoms with van der Waals surface area (Å²) in [5.41, 5.74) is 3.47. The van der Waals surface area contributed by atoms with Gasteiger partial charge in [0.05, 0.1) is 12.2 Å². The van der Waals surface area contributed by atoms with Crippen molar-refractivity contribution >= 4 is 45.4 Å². The maximum atomic E-state index is 12.3. The van der Waals surface area contributed by atoms with Crippen LogP contribution in [0.4, 0.5) is 21.0 Å². The molecule has 3 rings (SSSR count). The molecule has 0 saturated carbocycles. The number of halogens is 1. The smallest absolute Gasteiger partial charge is 0.411 e. The molecule has 1 aromatic heterocycles. The van der Waals surface area contributed by atoms with Crippen molar-refractivity contribution in [3.05, 3.63) is 88.2 Å². The molecule has 0 aliphatic rings. The van der Waals surface area contributed by atoms with E-state index in [2.05, 4.69) is 43.8 Å². The third-order valence-corrected chi connectivity index (χ3v) is 6.67. The number of nitrogens with one attached hydrogen (secondary N) is 3. The number of rotatable bonds is 13. The Balaban J connectivity index is 1.35. The summed E-state index contributed by atoms with van der Waals surface area (Å²) in [5.74, 6) is -0.334. The molecule has 10 heteroatoms. The quantitative estimate of drug-likeness (QED) is 0.175. The molecule has 0 fully saturated rings. The molecular weight excluding hydrogens is 576 g/mol. The van der Waals surface area contributed by atoms with Crippen molar-refractivity contribution in [2.24, 2.45) is 0 Å². The number of hydrogen-bond acceptors (Lipinski definition) is 6. The molecular formula is C30H35BrN4O5. The van der Waals surface area contributed by atoms with Gasteiger partial charge in [-0.05, 0) is 83.2 Å². The van der Waals surface area contributed by atoms with E-state index in [9.17, 15) is 14.4 Å². The normalized spacial score (nSPS) is 11.3. The summed E-state index contributed by atoms with van der Waals surface area (Å²) in [6.45, 7) is 4.01. The van der Waals surface area contributed by atoms with E-state index in [0.717, 1.165) is 18.4 Å². The van der Waals surface area contributed by atoms with E-state index in [4.69, 9.17) is 9.47 Å². The highest BCUT2D eigenvalue weighted by Crippen LogP contribution is 2.28. The number of unbranched alkanes of at least 4 members (excludes halogenated alkanes) is 3. The Morgan fingerprint density at radius 1 is 0.950 bits per heavy atom. The first-order valence-corrected chi connectivity index (χ1v) is 14.1. The summed E-state index contributed by atoms with van der Waals surface area (Å²) < 4.78 is 11.2. The van der Waals surface area contributed by atoms with E-state index in [0.29, 0.717) is 21.5 Å². The fourth-order valence-electron chi connectivity index (χ4n) is 3.80. The Hall–Kier alpha value is -3.92. The highest BCUT2D eigenvalue weighted by Gasteiger charge is 2.15. The second-order valence-corrected chi connectivity index (χ2v) is 10.0. The zero-order valence-electron chi connectivity index (χ0n) is 22.7. The number of nitrogens with zero attached hydrogens (tertiary/aromatic N) is 1. The number of benzene rings is 2. The number of alkyl carbamates (subject to hydrolysis) is 1. The minimum Gasteiger partial charge on any atom is -0.447 e. The third-order valence-electron chi connectivity index (χ3n) is 6.02. The van der Waals surface area contributed by atoms with E-state index < -0.39 is 18.3 Å². The van der Waals surface area contributed by atoms with Gasteiger partial charge in [-0.1, -0.05) is 50.5 Å². The minimum absolute atomic E-state index is 0.0129. The Morgan fingerprint density at radius 2 is 1.75 bits per heavy atom. The Bertz CT molecular complexity index is 1250. The van der Waals surface area contributed by atoms with Crippen LogP contribution in [0.25, 0.3) is 0 Å². The van der Waals surface area contributed by atoms with Gasteiger partial charge >= 0.3 is 12.2 Å². The van der Waals surface area contributed by atoms with Crippen molar-refractivity contribution < 1.29 is 23.9 Å². The Kier molecular flexibility index (Phi) is 12.4. The van der Waals surface area contributed by atoms with Gasteiger partial charge in [-0.2, -0.15) is 0 Å². The molecule has 40 heavy (non-hydrogen) atoms. The van der Waals surface area contributed by atoms with Crippen LogP contribution in [-0.2, 0) is 15.9 Å². The van der Waals surface area contributed by atoms with Gasteiger partial charge in [0.15, 0.2) is 0 Å². The number of anilines is 2. The molecule has 3 amide bonds. The fourth-order valence-corrected chi connectivity index (χ4v) is 4.30. The molecule has 0 aliphatic heterocycles. The van der Waals surface area contributed by atoms with Crippen molar-refractivity contribution in [2.45, 2.75) is 52.1 Å². The molecule has 0 radical (unpaired) electrons. The second-order valence-electron chi connectivity index (χ2n) is 9.15. The predicted molar refractivity (Wildman–Crippen MR) is 158 cm³/mol. The largest absolute Gasteiger partial charge is 0.447 e. The van der Waals surface area contributed by atoms with Crippen LogP contribution < -0.4 is 16.0 Å². The summed E-state index contributed by atoms with van der Waals surface area (Å²) >= 11 is 3.44. The number of aromatic nitrogens is 1. The van der Waals surface area contributed by atoms with Gasteiger partial charge in [0.2, 0.25) is 0 Å². The van der Waals surface area contributed by atoms with Crippen LogP contribution in [0, 0.1) is 0 Å². The van der Waals surface area contributed by atoms with Gasteiger partial charge in [-0.3, -0.25) is 15.1 Å². The van der Waals surface area contributed by atoms with Gasteiger partial charge in [0, 0.05) is 16.4 Å². The molecule has 212 valence electrons. The Labute approximate surface area is 243 Å². The highest BCUT2D eigenvalue weighted by atomic mass is 79.9. The number of aryl methyl sites for hydroxylation is 1. The van der Waals surface area contributed by atoms with E-state index in [1.54, 1.807) is 49.5 Å². The number of amides is 3. The fraction of sp³-hybridized carbons (Fsp3) is 0.333. The van der Waals surface area contributed by atoms with Gasteiger partial charge in [-0.25, -0.2) is 9.59 Å². The van der Waals surface area contributed by atoms with Crippen LogP contribution in [0.2, 0.25) is 0 Å². The van der Waals surface area contributed by atoms with Crippen LogP contribution in [-0.4, -0.2) is 36.2 Å². The van der Waals surface area contributed by atoms with Crippen molar-refractivity contribution in [1.29, 1.82) is 0 Å². The van der Waals surface area contributed by atoms with Crippen LogP contribution in [0.1, 0.15) is 67.3 Å². The van der Waals surface area contributed by atoms with Crippen molar-refractivity contribution in [1.82, 2.24) is 10.3 Å². The molecule has 0 saturated heterocycles. The molecule has 3 aromatic rings. The lowest BCUT2D eigenvalue weighted by molar-refractivity contribution is 0.102. The van der Waals surface area contributed by atoms with Gasteiger partial charge in [-0.15, -0.1) is 0 Å². The zero-order valence-corrected chi connectivity index (χ0v) is 24.3. The van der Waals surface area contributed by atoms with Crippen LogP contribution in [0.5, 0.6) is 0 Å². The summed E-state index contributed by atoms with van der Waals surface area (Å²) in [7, 11) is 0. The molecule has 3 N–H and O–H groups in total. The Morgan fingerprint density at radius 3 is 2.45 bits per heavy atom. The first-order valence-electron chi connectivity index (χ1n) is 13.3. The zero-order chi connectivity index (χ0) is 28.7. The molecule has 0 bridgehead atoms. The van der Waals surface area contributed by atoms with Crippen molar-refractivity contribution in [3.8, 4) is 0 Å². The minimum atomic E-state index is -0.644. The number of ether oxygens (including phenoxy) is 2. The monoisotopic (exact) mass is 610 g/mol. The molecule has 9 nitrogen and oxygen atoms in total. The van der Waals surface area contributed by atoms with Crippen LogP contribution in [0.3, 0.4) is 0 Å². The summed E-state index contributed by atoms with van der Waals surface area (Å²) in [6, 6.07) is 18.0. The summed E-state index contributed by atoms with van der Waals surface area (Å²) in [5, 5.41) is 8.04. The maximum Gasteiger partial charge on any atom is 0.411 e. The lowest BCUT2D eigenvalue weighted by Crippen LogP contribution is -2.30. The first kappa shape index (κ1) is 30.6. The van der Waals surface area contributed by atoms with E-state index >= 15 is 0 Å². The molecule has 0 aliphatic carbocycles. The second kappa shape index (κ2) is 16.2. The van der Waals surface area contributed by atoms with E-state index in [1.165, 1.54) is 24.8 Å². The molecule has 2 aromatic carbocycles. The number of carbonyl (C=O) groups is 3. The molecule has 1 heterocycles. The predicted octanol–water partition coefficient (Wildman–Crippen LogP) is 7.26. The number of pyridine rings is 1.